The normalized spacial score (nSPS) is 10.9. The molecule has 18 heavy (non-hydrogen) atoms. The van der Waals surface area contributed by atoms with Crippen LogP contribution in [0, 0.1) is 12.7 Å². The molecule has 0 radical (unpaired) electrons. The van der Waals surface area contributed by atoms with E-state index in [2.05, 4.69) is 18.7 Å². The van der Waals surface area contributed by atoms with Gasteiger partial charge in [0.25, 0.3) is 0 Å². The third-order valence-corrected chi connectivity index (χ3v) is 3.03. The molecule has 1 rings (SSSR count). The van der Waals surface area contributed by atoms with Gasteiger partial charge < -0.3 is 9.64 Å². The lowest BCUT2D eigenvalue weighted by Crippen LogP contribution is -2.29. The molecule has 0 unspecified atom stereocenters. The van der Waals surface area contributed by atoms with Gasteiger partial charge in [-0.25, -0.2) is 4.39 Å². The van der Waals surface area contributed by atoms with Gasteiger partial charge in [-0.1, -0.05) is 26.3 Å². The Hall–Kier alpha value is -1.09. The Kier molecular flexibility index (Phi) is 6.73. The van der Waals surface area contributed by atoms with Gasteiger partial charge in [0, 0.05) is 6.54 Å². The topological polar surface area (TPSA) is 12.5 Å². The molecule has 3 heteroatoms. The molecule has 0 aliphatic rings. The average molecular weight is 253 g/mol. The van der Waals surface area contributed by atoms with Crippen LogP contribution in [0.1, 0.15) is 32.3 Å². The number of benzene rings is 1. The highest BCUT2D eigenvalue weighted by molar-refractivity contribution is 5.29. The fraction of sp³-hybridized carbons (Fsp3) is 0.600. The van der Waals surface area contributed by atoms with Crippen LogP contribution in [0.3, 0.4) is 0 Å². The molecule has 0 aromatic heterocycles. The number of nitrogens with zero attached hydrogens (tertiary/aromatic N) is 1. The van der Waals surface area contributed by atoms with Crippen LogP contribution in [-0.2, 0) is 0 Å². The van der Waals surface area contributed by atoms with E-state index in [1.165, 1.54) is 18.9 Å². The van der Waals surface area contributed by atoms with Crippen molar-refractivity contribution in [2.75, 3.05) is 26.2 Å². The van der Waals surface area contributed by atoms with Crippen molar-refractivity contribution in [1.29, 1.82) is 0 Å². The van der Waals surface area contributed by atoms with Crippen LogP contribution in [0.4, 0.5) is 4.39 Å². The first-order chi connectivity index (χ1) is 8.67. The van der Waals surface area contributed by atoms with Crippen molar-refractivity contribution in [3.63, 3.8) is 0 Å². The van der Waals surface area contributed by atoms with Crippen molar-refractivity contribution >= 4 is 0 Å². The fourth-order valence-electron chi connectivity index (χ4n) is 1.82. The first kappa shape index (κ1) is 15.0. The van der Waals surface area contributed by atoms with E-state index in [-0.39, 0.29) is 5.82 Å². The number of aryl methyl sites for hydroxylation is 1. The van der Waals surface area contributed by atoms with Gasteiger partial charge in [-0.05, 0) is 44.1 Å². The van der Waals surface area contributed by atoms with Crippen molar-refractivity contribution in [2.45, 2.75) is 33.6 Å². The van der Waals surface area contributed by atoms with Crippen molar-refractivity contribution in [1.82, 2.24) is 4.90 Å². The van der Waals surface area contributed by atoms with Crippen LogP contribution in [0.2, 0.25) is 0 Å². The fourth-order valence-corrected chi connectivity index (χ4v) is 1.82. The second kappa shape index (κ2) is 8.09. The summed E-state index contributed by atoms with van der Waals surface area (Å²) in [5.74, 6) is 0.0822. The minimum atomic E-state index is -0.280. The highest BCUT2D eigenvalue weighted by atomic mass is 19.1. The van der Waals surface area contributed by atoms with Crippen molar-refractivity contribution < 1.29 is 9.13 Å². The Bertz CT molecular complexity index is 354. The predicted octanol–water partition coefficient (Wildman–Crippen LogP) is 3.63. The lowest BCUT2D eigenvalue weighted by Gasteiger charge is -2.20. The summed E-state index contributed by atoms with van der Waals surface area (Å²) in [7, 11) is 0. The Morgan fingerprint density at radius 3 is 2.67 bits per heavy atom. The summed E-state index contributed by atoms with van der Waals surface area (Å²) in [4.78, 5) is 2.33. The molecule has 0 heterocycles. The zero-order valence-corrected chi connectivity index (χ0v) is 11.7. The summed E-state index contributed by atoms with van der Waals surface area (Å²) >= 11 is 0. The smallest absolute Gasteiger partial charge is 0.165 e. The van der Waals surface area contributed by atoms with E-state index >= 15 is 0 Å². The molecule has 0 bridgehead atoms. The molecule has 0 spiro atoms. The molecule has 0 fully saturated rings. The van der Waals surface area contributed by atoms with E-state index in [9.17, 15) is 4.39 Å². The van der Waals surface area contributed by atoms with E-state index in [0.717, 1.165) is 25.2 Å². The summed E-state index contributed by atoms with van der Waals surface area (Å²) in [5.41, 5.74) is 1.02. The molecule has 2 nitrogen and oxygen atoms in total. The van der Waals surface area contributed by atoms with Gasteiger partial charge in [0.1, 0.15) is 6.61 Å². The number of likely N-dealkylation sites (N-methyl/N-ethyl adjacent to an activating group) is 1. The van der Waals surface area contributed by atoms with Gasteiger partial charge >= 0.3 is 0 Å². The number of unbranched alkanes of at least 4 members (excludes halogenated alkanes) is 1. The van der Waals surface area contributed by atoms with Crippen LogP contribution >= 0.6 is 0 Å². The molecular weight excluding hydrogens is 229 g/mol. The first-order valence-electron chi connectivity index (χ1n) is 6.78. The summed E-state index contributed by atoms with van der Waals surface area (Å²) in [6.07, 6.45) is 2.40. The maximum absolute atomic E-state index is 13.4. The molecule has 102 valence electrons. The quantitative estimate of drug-likeness (QED) is 0.701. The third-order valence-electron chi connectivity index (χ3n) is 3.03. The maximum atomic E-state index is 13.4. The summed E-state index contributed by atoms with van der Waals surface area (Å²) in [6.45, 7) is 9.76. The number of hydrogen-bond acceptors (Lipinski definition) is 2. The second-order valence-electron chi connectivity index (χ2n) is 4.57. The Morgan fingerprint density at radius 2 is 2.00 bits per heavy atom. The van der Waals surface area contributed by atoms with Gasteiger partial charge in [0.15, 0.2) is 11.6 Å². The molecule has 0 aliphatic carbocycles. The second-order valence-corrected chi connectivity index (χ2v) is 4.57. The minimum Gasteiger partial charge on any atom is -0.489 e. The number of halogens is 1. The average Bonchev–Trinajstić information content (AvgIpc) is 2.37. The first-order valence-corrected chi connectivity index (χ1v) is 6.78. The van der Waals surface area contributed by atoms with Gasteiger partial charge in [0.2, 0.25) is 0 Å². The summed E-state index contributed by atoms with van der Waals surface area (Å²) < 4.78 is 19.0. The minimum absolute atomic E-state index is 0.280. The largest absolute Gasteiger partial charge is 0.489 e. The van der Waals surface area contributed by atoms with E-state index in [4.69, 9.17) is 4.74 Å². The Morgan fingerprint density at radius 1 is 1.22 bits per heavy atom. The Balaban J connectivity index is 2.37. The van der Waals surface area contributed by atoms with Gasteiger partial charge in [-0.3, -0.25) is 0 Å². The van der Waals surface area contributed by atoms with Crippen LogP contribution < -0.4 is 4.74 Å². The van der Waals surface area contributed by atoms with E-state index in [1.807, 2.05) is 6.92 Å². The molecule has 0 amide bonds. The maximum Gasteiger partial charge on any atom is 0.165 e. The predicted molar refractivity (Wildman–Crippen MR) is 73.7 cm³/mol. The zero-order chi connectivity index (χ0) is 13.4. The Labute approximate surface area is 110 Å². The lowest BCUT2D eigenvalue weighted by atomic mass is 10.2. The summed E-state index contributed by atoms with van der Waals surface area (Å²) in [6, 6.07) is 4.96. The van der Waals surface area contributed by atoms with Crippen LogP contribution in [0.25, 0.3) is 0 Å². The van der Waals surface area contributed by atoms with Crippen molar-refractivity contribution in [3.8, 4) is 5.75 Å². The lowest BCUT2D eigenvalue weighted by molar-refractivity contribution is 0.209. The van der Waals surface area contributed by atoms with Gasteiger partial charge in [-0.2, -0.15) is 0 Å². The molecule has 1 aromatic carbocycles. The van der Waals surface area contributed by atoms with Crippen molar-refractivity contribution in [2.24, 2.45) is 0 Å². The zero-order valence-electron chi connectivity index (χ0n) is 11.7. The van der Waals surface area contributed by atoms with Crippen molar-refractivity contribution in [3.05, 3.63) is 29.6 Å². The van der Waals surface area contributed by atoms with Crippen LogP contribution in [0.5, 0.6) is 5.75 Å². The van der Waals surface area contributed by atoms with Gasteiger partial charge in [-0.15, -0.1) is 0 Å². The van der Waals surface area contributed by atoms with E-state index in [1.54, 1.807) is 12.1 Å². The van der Waals surface area contributed by atoms with Crippen LogP contribution in [-0.4, -0.2) is 31.1 Å². The van der Waals surface area contributed by atoms with Crippen LogP contribution in [0.15, 0.2) is 18.2 Å². The third kappa shape index (κ3) is 5.05. The molecule has 0 aliphatic heterocycles. The molecule has 0 atom stereocenters. The van der Waals surface area contributed by atoms with E-state index < -0.39 is 0 Å². The number of hydrogen-bond donors (Lipinski definition) is 0. The molecule has 0 N–H and O–H groups in total. The van der Waals surface area contributed by atoms with Gasteiger partial charge in [0.05, 0.1) is 0 Å². The van der Waals surface area contributed by atoms with E-state index in [0.29, 0.717) is 12.4 Å². The number of ether oxygens (including phenoxy) is 1. The molecule has 1 aromatic rings. The molecule has 0 saturated carbocycles. The molecule has 0 saturated heterocycles. The summed E-state index contributed by atoms with van der Waals surface area (Å²) in [5, 5.41) is 0. The standard InChI is InChI=1S/C15H24FNO/c1-4-6-9-17(5-2)10-11-18-15-12-13(3)7-8-14(15)16/h7-8,12H,4-6,9-11H2,1-3H3. The highest BCUT2D eigenvalue weighted by Crippen LogP contribution is 2.18. The number of rotatable bonds is 8. The SMILES string of the molecule is CCCCN(CC)CCOc1cc(C)ccc1F. The molecular formula is C15H24FNO. The monoisotopic (exact) mass is 253 g/mol. The highest BCUT2D eigenvalue weighted by Gasteiger charge is 2.05.